The number of benzene rings is 2. The van der Waals surface area contributed by atoms with Crippen LogP contribution in [0.3, 0.4) is 0 Å². The van der Waals surface area contributed by atoms with Crippen molar-refractivity contribution in [2.24, 2.45) is 10.1 Å². The lowest BCUT2D eigenvalue weighted by Crippen LogP contribution is -2.16. The first-order valence-corrected chi connectivity index (χ1v) is 11.2. The molecule has 3 aromatic rings. The summed E-state index contributed by atoms with van der Waals surface area (Å²) in [5.41, 5.74) is 1.18. The fourth-order valence-electron chi connectivity index (χ4n) is 2.80. The minimum Gasteiger partial charge on any atom is -0.316 e. The van der Waals surface area contributed by atoms with Crippen LogP contribution in [-0.2, 0) is 21.4 Å². The van der Waals surface area contributed by atoms with Gasteiger partial charge in [-0.1, -0.05) is 30.4 Å². The number of carbonyl (C=O) groups is 1. The van der Waals surface area contributed by atoms with Crippen LogP contribution in [0.25, 0.3) is 16.3 Å². The molecule has 2 N–H and O–H groups in total. The van der Waals surface area contributed by atoms with Crippen molar-refractivity contribution in [3.05, 3.63) is 69.0 Å². The lowest BCUT2D eigenvalue weighted by atomic mass is 10.2. The molecule has 0 radical (unpaired) electrons. The molecule has 0 aliphatic heterocycles. The predicted molar refractivity (Wildman–Crippen MR) is 114 cm³/mol. The molecular formula is C19H18N4O5S2. The molecule has 2 aromatic carbocycles. The summed E-state index contributed by atoms with van der Waals surface area (Å²) in [5, 5.41) is 16.0. The summed E-state index contributed by atoms with van der Waals surface area (Å²) in [5.74, 6) is -0.537. The average Bonchev–Trinajstić information content (AvgIpc) is 3.02. The van der Waals surface area contributed by atoms with Gasteiger partial charge in [-0.15, -0.1) is 0 Å². The van der Waals surface area contributed by atoms with E-state index in [1.165, 1.54) is 53.8 Å². The monoisotopic (exact) mass is 446 g/mol. The van der Waals surface area contributed by atoms with Crippen molar-refractivity contribution in [1.29, 1.82) is 0 Å². The number of hydrogen-bond acceptors (Lipinski definition) is 6. The quantitative estimate of drug-likeness (QED) is 0.352. The van der Waals surface area contributed by atoms with Gasteiger partial charge in [0.1, 0.15) is 0 Å². The van der Waals surface area contributed by atoms with Gasteiger partial charge in [0.25, 0.3) is 11.6 Å². The number of nitrogens with two attached hydrogens (primary N) is 1. The third-order valence-electron chi connectivity index (χ3n) is 4.14. The molecule has 3 rings (SSSR count). The molecule has 1 aromatic heterocycles. The number of nitrogens with zero attached hydrogens (tertiary/aromatic N) is 3. The van der Waals surface area contributed by atoms with Gasteiger partial charge >= 0.3 is 0 Å². The fraction of sp³-hybridized carbons (Fsp3) is 0.158. The molecule has 11 heteroatoms. The summed E-state index contributed by atoms with van der Waals surface area (Å²) in [6, 6.07) is 10.4. The van der Waals surface area contributed by atoms with Crippen molar-refractivity contribution in [2.75, 3.05) is 0 Å². The summed E-state index contributed by atoms with van der Waals surface area (Å²) < 4.78 is 25.7. The standard InChI is InChI=1S/C19H18N4O5S2/c1-2-10-22-16-8-7-15(30(20,27)28)12-17(16)29-19(22)21-18(24)9-6-13-4-3-5-14(11-13)23(25)26/h3-9,11-12H,2,10H2,1H3,(H2,20,27,28). The molecule has 9 nitrogen and oxygen atoms in total. The number of aryl methyl sites for hydroxylation is 1. The highest BCUT2D eigenvalue weighted by Gasteiger charge is 2.12. The number of non-ortho nitro benzene ring substituents is 1. The molecule has 30 heavy (non-hydrogen) atoms. The van der Waals surface area contributed by atoms with Crippen molar-refractivity contribution < 1.29 is 18.1 Å². The van der Waals surface area contributed by atoms with Gasteiger partial charge in [0.05, 0.1) is 20.0 Å². The van der Waals surface area contributed by atoms with Gasteiger partial charge < -0.3 is 4.57 Å². The van der Waals surface area contributed by atoms with Crippen LogP contribution in [0.4, 0.5) is 5.69 Å². The van der Waals surface area contributed by atoms with Crippen LogP contribution in [0, 0.1) is 10.1 Å². The van der Waals surface area contributed by atoms with Crippen molar-refractivity contribution >= 4 is 49.2 Å². The highest BCUT2D eigenvalue weighted by atomic mass is 32.2. The molecule has 0 spiro atoms. The minimum absolute atomic E-state index is 0.0108. The number of sulfonamides is 1. The number of nitro benzene ring substituents is 1. The third-order valence-corrected chi connectivity index (χ3v) is 6.09. The largest absolute Gasteiger partial charge is 0.316 e. The summed E-state index contributed by atoms with van der Waals surface area (Å²) in [4.78, 5) is 27.2. The van der Waals surface area contributed by atoms with E-state index >= 15 is 0 Å². The summed E-state index contributed by atoms with van der Waals surface area (Å²) in [7, 11) is -3.84. The Kier molecular flexibility index (Phi) is 6.25. The summed E-state index contributed by atoms with van der Waals surface area (Å²) in [6.07, 6.45) is 3.47. The van der Waals surface area contributed by atoms with Crippen molar-refractivity contribution in [3.63, 3.8) is 0 Å². The Balaban J connectivity index is 1.99. The normalized spacial score (nSPS) is 12.7. The smallest absolute Gasteiger partial charge is 0.272 e. The zero-order valence-corrected chi connectivity index (χ0v) is 17.5. The lowest BCUT2D eigenvalue weighted by molar-refractivity contribution is -0.384. The molecule has 0 aliphatic carbocycles. The second-order valence-corrected chi connectivity index (χ2v) is 8.92. The molecule has 1 amide bonds. The number of nitro groups is 1. The molecule has 0 bridgehead atoms. The van der Waals surface area contributed by atoms with E-state index in [9.17, 15) is 23.3 Å². The van der Waals surface area contributed by atoms with E-state index in [-0.39, 0.29) is 10.6 Å². The Hall–Kier alpha value is -3.15. The number of rotatable bonds is 6. The Morgan fingerprint density at radius 3 is 2.73 bits per heavy atom. The Morgan fingerprint density at radius 2 is 2.07 bits per heavy atom. The zero-order chi connectivity index (χ0) is 21.9. The number of thiazole rings is 1. The van der Waals surface area contributed by atoms with E-state index in [1.54, 1.807) is 12.1 Å². The van der Waals surface area contributed by atoms with Gasteiger partial charge in [-0.05, 0) is 36.3 Å². The van der Waals surface area contributed by atoms with Gasteiger partial charge in [-0.25, -0.2) is 13.6 Å². The number of amides is 1. The van der Waals surface area contributed by atoms with Crippen LogP contribution in [-0.4, -0.2) is 23.8 Å². The van der Waals surface area contributed by atoms with E-state index in [0.29, 0.717) is 21.6 Å². The molecule has 0 saturated heterocycles. The van der Waals surface area contributed by atoms with Gasteiger partial charge in [-0.3, -0.25) is 14.9 Å². The number of carbonyl (C=O) groups excluding carboxylic acids is 1. The number of aromatic nitrogens is 1. The minimum atomic E-state index is -3.84. The molecule has 156 valence electrons. The van der Waals surface area contributed by atoms with Crippen LogP contribution >= 0.6 is 11.3 Å². The number of hydrogen-bond donors (Lipinski definition) is 1. The van der Waals surface area contributed by atoms with E-state index < -0.39 is 20.9 Å². The Bertz CT molecular complexity index is 1340. The Morgan fingerprint density at radius 1 is 1.30 bits per heavy atom. The zero-order valence-electron chi connectivity index (χ0n) is 15.9. The maximum atomic E-state index is 12.4. The molecule has 0 fully saturated rings. The number of fused-ring (bicyclic) bond motifs is 1. The molecule has 1 heterocycles. The van der Waals surface area contributed by atoms with Crippen LogP contribution < -0.4 is 9.94 Å². The maximum Gasteiger partial charge on any atom is 0.272 e. The van der Waals surface area contributed by atoms with Gasteiger partial charge in [0, 0.05) is 24.8 Å². The van der Waals surface area contributed by atoms with Gasteiger partial charge in [-0.2, -0.15) is 4.99 Å². The highest BCUT2D eigenvalue weighted by Crippen LogP contribution is 2.21. The molecule has 0 aliphatic rings. The third kappa shape index (κ3) is 4.87. The maximum absolute atomic E-state index is 12.4. The average molecular weight is 447 g/mol. The second kappa shape index (κ2) is 8.69. The van der Waals surface area contributed by atoms with Gasteiger partial charge in [0.2, 0.25) is 10.0 Å². The first kappa shape index (κ1) is 21.6. The molecule has 0 unspecified atom stereocenters. The molecule has 0 saturated carbocycles. The van der Waals surface area contributed by atoms with Gasteiger partial charge in [0.15, 0.2) is 4.80 Å². The fourth-order valence-corrected chi connectivity index (χ4v) is 4.51. The topological polar surface area (TPSA) is 138 Å². The highest BCUT2D eigenvalue weighted by molar-refractivity contribution is 7.89. The Labute approximate surface area is 176 Å². The van der Waals surface area contributed by atoms with Crippen LogP contribution in [0.1, 0.15) is 18.9 Å². The van der Waals surface area contributed by atoms with E-state index in [0.717, 1.165) is 11.9 Å². The lowest BCUT2D eigenvalue weighted by Gasteiger charge is -2.03. The first-order valence-electron chi connectivity index (χ1n) is 8.86. The van der Waals surface area contributed by atoms with Crippen molar-refractivity contribution in [3.8, 4) is 0 Å². The van der Waals surface area contributed by atoms with Crippen LogP contribution in [0.5, 0.6) is 0 Å². The summed E-state index contributed by atoms with van der Waals surface area (Å²) >= 11 is 1.18. The predicted octanol–water partition coefficient (Wildman–Crippen LogP) is 2.81. The van der Waals surface area contributed by atoms with E-state index in [2.05, 4.69) is 4.99 Å². The second-order valence-electron chi connectivity index (χ2n) is 6.35. The van der Waals surface area contributed by atoms with Crippen LogP contribution in [0.15, 0.2) is 58.4 Å². The van der Waals surface area contributed by atoms with Crippen molar-refractivity contribution in [1.82, 2.24) is 4.57 Å². The van der Waals surface area contributed by atoms with Crippen molar-refractivity contribution in [2.45, 2.75) is 24.8 Å². The van der Waals surface area contributed by atoms with E-state index in [1.807, 2.05) is 11.5 Å². The SMILES string of the molecule is CCCn1c(=NC(=O)C=Cc2cccc([N+](=O)[O-])c2)sc2cc(S(N)(=O)=O)ccc21. The van der Waals surface area contributed by atoms with E-state index in [4.69, 9.17) is 5.14 Å². The molecule has 0 atom stereocenters. The van der Waals surface area contributed by atoms with Crippen LogP contribution in [0.2, 0.25) is 0 Å². The molecular weight excluding hydrogens is 428 g/mol. The number of primary sulfonamides is 1. The first-order chi connectivity index (χ1) is 14.2. The summed E-state index contributed by atoms with van der Waals surface area (Å²) in [6.45, 7) is 2.57.